The zero-order valence-corrected chi connectivity index (χ0v) is 18.3. The summed E-state index contributed by atoms with van der Waals surface area (Å²) in [7, 11) is -3.89. The van der Waals surface area contributed by atoms with Gasteiger partial charge in [0.25, 0.3) is 15.9 Å². The van der Waals surface area contributed by atoms with Gasteiger partial charge in [-0.3, -0.25) is 14.3 Å². The van der Waals surface area contributed by atoms with Crippen LogP contribution in [0.4, 0.5) is 15.8 Å². The molecule has 32 heavy (non-hydrogen) atoms. The lowest BCUT2D eigenvalue weighted by Gasteiger charge is -2.10. The molecule has 7 nitrogen and oxygen atoms in total. The maximum atomic E-state index is 13.4. The Bertz CT molecular complexity index is 1260. The lowest BCUT2D eigenvalue weighted by Crippen LogP contribution is -2.23. The molecule has 0 heterocycles. The van der Waals surface area contributed by atoms with Crippen LogP contribution in [0, 0.1) is 12.7 Å². The van der Waals surface area contributed by atoms with Crippen molar-refractivity contribution in [1.29, 1.82) is 0 Å². The van der Waals surface area contributed by atoms with Crippen molar-refractivity contribution >= 4 is 33.2 Å². The molecule has 0 unspecified atom stereocenters. The van der Waals surface area contributed by atoms with Gasteiger partial charge >= 0.3 is 0 Å². The highest BCUT2D eigenvalue weighted by Crippen LogP contribution is 2.19. The van der Waals surface area contributed by atoms with Crippen molar-refractivity contribution in [3.8, 4) is 0 Å². The Balaban J connectivity index is 1.63. The molecule has 9 heteroatoms. The molecule has 0 radical (unpaired) electrons. The van der Waals surface area contributed by atoms with Crippen molar-refractivity contribution in [1.82, 2.24) is 5.32 Å². The highest BCUT2D eigenvalue weighted by molar-refractivity contribution is 7.92. The Morgan fingerprint density at radius 3 is 2.31 bits per heavy atom. The van der Waals surface area contributed by atoms with Crippen molar-refractivity contribution in [3.63, 3.8) is 0 Å². The molecule has 3 aromatic rings. The first-order valence-electron chi connectivity index (χ1n) is 9.68. The van der Waals surface area contributed by atoms with E-state index in [2.05, 4.69) is 15.4 Å². The smallest absolute Gasteiger partial charge is 0.261 e. The molecule has 3 aromatic carbocycles. The molecule has 0 atom stereocenters. The van der Waals surface area contributed by atoms with Crippen LogP contribution in [0.1, 0.15) is 28.4 Å². The third-order valence-electron chi connectivity index (χ3n) is 4.54. The quantitative estimate of drug-likeness (QED) is 0.504. The molecule has 3 rings (SSSR count). The number of aryl methyl sites for hydroxylation is 1. The number of benzene rings is 3. The molecule has 0 aliphatic carbocycles. The molecule has 0 bridgehead atoms. The third-order valence-corrected chi connectivity index (χ3v) is 5.92. The summed E-state index contributed by atoms with van der Waals surface area (Å²) in [6.07, 6.45) is 0. The van der Waals surface area contributed by atoms with Crippen LogP contribution in [-0.2, 0) is 21.4 Å². The summed E-state index contributed by atoms with van der Waals surface area (Å²) in [6, 6.07) is 16.6. The number of nitrogens with one attached hydrogen (secondary N) is 3. The van der Waals surface area contributed by atoms with E-state index in [1.165, 1.54) is 50.2 Å². The van der Waals surface area contributed by atoms with E-state index in [1.807, 2.05) is 6.07 Å². The van der Waals surface area contributed by atoms with Crippen LogP contribution in [0.15, 0.2) is 71.6 Å². The summed E-state index contributed by atoms with van der Waals surface area (Å²) in [5.41, 5.74) is 2.29. The van der Waals surface area contributed by atoms with E-state index in [0.29, 0.717) is 11.3 Å². The van der Waals surface area contributed by atoms with E-state index >= 15 is 0 Å². The van der Waals surface area contributed by atoms with Crippen LogP contribution >= 0.6 is 0 Å². The van der Waals surface area contributed by atoms with Gasteiger partial charge in [-0.05, 0) is 72.6 Å². The van der Waals surface area contributed by atoms with E-state index in [9.17, 15) is 22.4 Å². The molecule has 0 aromatic heterocycles. The van der Waals surface area contributed by atoms with Crippen molar-refractivity contribution in [2.75, 3.05) is 10.0 Å². The fourth-order valence-electron chi connectivity index (χ4n) is 2.93. The van der Waals surface area contributed by atoms with Crippen LogP contribution in [0.5, 0.6) is 0 Å². The highest BCUT2D eigenvalue weighted by Gasteiger charge is 2.16. The average molecular weight is 456 g/mol. The second kappa shape index (κ2) is 9.61. The summed E-state index contributed by atoms with van der Waals surface area (Å²) < 4.78 is 40.8. The molecule has 3 N–H and O–H groups in total. The molecule has 0 saturated carbocycles. The molecule has 0 aliphatic heterocycles. The van der Waals surface area contributed by atoms with Gasteiger partial charge in [0, 0.05) is 30.4 Å². The Labute approximate surface area is 185 Å². The normalized spacial score (nSPS) is 11.0. The lowest BCUT2D eigenvalue weighted by molar-refractivity contribution is -0.114. The molecular formula is C23H22FN3O4S. The number of hydrogen-bond acceptors (Lipinski definition) is 4. The van der Waals surface area contributed by atoms with Crippen LogP contribution in [0.3, 0.4) is 0 Å². The number of sulfonamides is 1. The zero-order chi connectivity index (χ0) is 23.3. The summed E-state index contributed by atoms with van der Waals surface area (Å²) >= 11 is 0. The Kier molecular flexibility index (Phi) is 6.89. The number of rotatable bonds is 7. The number of carbonyl (C=O) groups excluding carboxylic acids is 2. The standard InChI is InChI=1S/C23H22FN3O4S/c1-15-12-21(10-11-22(15)24)32(30,31)27-19-8-6-18(7-9-19)23(29)25-14-17-4-3-5-20(13-17)26-16(2)28/h3-13,27H,14H2,1-2H3,(H,25,29)(H,26,28). The van der Waals surface area contributed by atoms with Gasteiger partial charge in [-0.15, -0.1) is 0 Å². The minimum atomic E-state index is -3.89. The Morgan fingerprint density at radius 1 is 0.938 bits per heavy atom. The fourth-order valence-corrected chi connectivity index (χ4v) is 4.08. The number of carbonyl (C=O) groups is 2. The Morgan fingerprint density at radius 2 is 1.66 bits per heavy atom. The second-order valence-corrected chi connectivity index (χ2v) is 8.84. The van der Waals surface area contributed by atoms with E-state index in [-0.39, 0.29) is 34.5 Å². The first-order valence-corrected chi connectivity index (χ1v) is 11.2. The van der Waals surface area contributed by atoms with E-state index < -0.39 is 15.8 Å². The largest absolute Gasteiger partial charge is 0.348 e. The van der Waals surface area contributed by atoms with Gasteiger partial charge < -0.3 is 10.6 Å². The first-order chi connectivity index (χ1) is 15.1. The van der Waals surface area contributed by atoms with Gasteiger partial charge in [0.05, 0.1) is 4.90 Å². The minimum absolute atomic E-state index is 0.0558. The summed E-state index contributed by atoms with van der Waals surface area (Å²) in [4.78, 5) is 23.5. The molecule has 0 fully saturated rings. The number of hydrogen-bond donors (Lipinski definition) is 3. The SMILES string of the molecule is CC(=O)Nc1cccc(CNC(=O)c2ccc(NS(=O)(=O)c3ccc(F)c(C)c3)cc2)c1. The van der Waals surface area contributed by atoms with E-state index in [4.69, 9.17) is 0 Å². The molecule has 2 amide bonds. The lowest BCUT2D eigenvalue weighted by atomic mass is 10.1. The third kappa shape index (κ3) is 5.92. The van der Waals surface area contributed by atoms with Crippen LogP contribution < -0.4 is 15.4 Å². The van der Waals surface area contributed by atoms with Crippen molar-refractivity contribution in [2.45, 2.75) is 25.3 Å². The van der Waals surface area contributed by atoms with Crippen LogP contribution in [0.2, 0.25) is 0 Å². The summed E-state index contributed by atoms with van der Waals surface area (Å²) in [5.74, 6) is -1.00. The monoisotopic (exact) mass is 455 g/mol. The summed E-state index contributed by atoms with van der Waals surface area (Å²) in [5, 5.41) is 5.46. The van der Waals surface area contributed by atoms with Gasteiger partial charge in [0.1, 0.15) is 5.82 Å². The second-order valence-electron chi connectivity index (χ2n) is 7.16. The predicted molar refractivity (Wildman–Crippen MR) is 120 cm³/mol. The molecule has 166 valence electrons. The number of halogens is 1. The average Bonchev–Trinajstić information content (AvgIpc) is 2.74. The summed E-state index contributed by atoms with van der Waals surface area (Å²) in [6.45, 7) is 3.15. The van der Waals surface area contributed by atoms with Gasteiger partial charge in [0.15, 0.2) is 0 Å². The van der Waals surface area contributed by atoms with Gasteiger partial charge in [-0.25, -0.2) is 12.8 Å². The van der Waals surface area contributed by atoms with Crippen molar-refractivity contribution in [2.24, 2.45) is 0 Å². The first kappa shape index (κ1) is 23.0. The molecule has 0 saturated heterocycles. The number of amides is 2. The highest BCUT2D eigenvalue weighted by atomic mass is 32.2. The fraction of sp³-hybridized carbons (Fsp3) is 0.130. The van der Waals surface area contributed by atoms with Crippen molar-refractivity contribution < 1.29 is 22.4 Å². The maximum Gasteiger partial charge on any atom is 0.261 e. The predicted octanol–water partition coefficient (Wildman–Crippen LogP) is 3.82. The Hall–Kier alpha value is -3.72. The minimum Gasteiger partial charge on any atom is -0.348 e. The van der Waals surface area contributed by atoms with Crippen molar-refractivity contribution in [3.05, 3.63) is 89.2 Å². The van der Waals surface area contributed by atoms with Gasteiger partial charge in [0.2, 0.25) is 5.91 Å². The van der Waals surface area contributed by atoms with Gasteiger partial charge in [-0.1, -0.05) is 12.1 Å². The van der Waals surface area contributed by atoms with Gasteiger partial charge in [-0.2, -0.15) is 0 Å². The molecule has 0 aliphatic rings. The maximum absolute atomic E-state index is 13.4. The molecule has 0 spiro atoms. The van der Waals surface area contributed by atoms with Crippen LogP contribution in [0.25, 0.3) is 0 Å². The zero-order valence-electron chi connectivity index (χ0n) is 17.5. The number of anilines is 2. The molecular weight excluding hydrogens is 433 g/mol. The van der Waals surface area contributed by atoms with E-state index in [1.54, 1.807) is 18.2 Å². The van der Waals surface area contributed by atoms with E-state index in [0.717, 1.165) is 11.6 Å². The topological polar surface area (TPSA) is 104 Å². The van der Waals surface area contributed by atoms with Crippen LogP contribution in [-0.4, -0.2) is 20.2 Å².